The minimum absolute atomic E-state index is 0.433. The molecule has 0 fully saturated rings. The van der Waals surface area contributed by atoms with Gasteiger partial charge in [0.25, 0.3) is 0 Å². The van der Waals surface area contributed by atoms with Gasteiger partial charge in [0.1, 0.15) is 0 Å². The highest BCUT2D eigenvalue weighted by molar-refractivity contribution is 6.37. The third kappa shape index (κ3) is 2.89. The second-order valence-corrected chi connectivity index (χ2v) is 5.09. The van der Waals surface area contributed by atoms with Crippen LogP contribution >= 0.6 is 46.4 Å². The van der Waals surface area contributed by atoms with E-state index in [0.29, 0.717) is 20.9 Å². The molecule has 0 radical (unpaired) electrons. The molecule has 0 aromatic heterocycles. The van der Waals surface area contributed by atoms with Crippen molar-refractivity contribution in [2.75, 3.05) is 0 Å². The molecule has 0 spiro atoms. The summed E-state index contributed by atoms with van der Waals surface area (Å²) in [5.41, 5.74) is 2.65. The zero-order chi connectivity index (χ0) is 12.4. The van der Waals surface area contributed by atoms with E-state index in [0.717, 1.165) is 16.7 Å². The first-order valence-electron chi connectivity index (χ1n) is 4.91. The Labute approximate surface area is 120 Å². The molecule has 0 heterocycles. The largest absolute Gasteiger partial charge is 0.122 e. The molecule has 0 N–H and O–H groups in total. The lowest BCUT2D eigenvalue weighted by atomic mass is 10.0. The van der Waals surface area contributed by atoms with Gasteiger partial charge in [0.05, 0.1) is 0 Å². The summed E-state index contributed by atoms with van der Waals surface area (Å²) in [6.07, 6.45) is 0. The molecule has 0 aliphatic rings. The van der Waals surface area contributed by atoms with Gasteiger partial charge in [0, 0.05) is 32.1 Å². The van der Waals surface area contributed by atoms with Crippen molar-refractivity contribution in [3.8, 4) is 11.1 Å². The van der Waals surface area contributed by atoms with Crippen LogP contribution in [-0.2, 0) is 5.88 Å². The Hall–Kier alpha value is -0.400. The first kappa shape index (κ1) is 13.0. The van der Waals surface area contributed by atoms with E-state index in [2.05, 4.69) is 0 Å². The van der Waals surface area contributed by atoms with Crippen molar-refractivity contribution in [1.29, 1.82) is 0 Å². The van der Waals surface area contributed by atoms with E-state index in [9.17, 15) is 0 Å². The lowest BCUT2D eigenvalue weighted by Crippen LogP contribution is -1.85. The van der Waals surface area contributed by atoms with Crippen LogP contribution in [0.15, 0.2) is 36.4 Å². The molecule has 0 bridgehead atoms. The molecule has 0 saturated carbocycles. The molecular weight excluding hydrogens is 298 g/mol. The smallest absolute Gasteiger partial charge is 0.0485 e. The molecule has 0 nitrogen and oxygen atoms in total. The SMILES string of the molecule is ClCc1ccc(Cl)c(-c2cc(Cl)ccc2Cl)c1. The molecule has 2 aromatic carbocycles. The summed E-state index contributed by atoms with van der Waals surface area (Å²) >= 11 is 24.1. The molecule has 4 heteroatoms. The van der Waals surface area contributed by atoms with Gasteiger partial charge in [-0.1, -0.05) is 40.9 Å². The molecule has 0 aliphatic heterocycles. The fourth-order valence-corrected chi connectivity index (χ4v) is 2.34. The van der Waals surface area contributed by atoms with E-state index < -0.39 is 0 Å². The highest BCUT2D eigenvalue weighted by Gasteiger charge is 2.09. The average Bonchev–Trinajstić information content (AvgIpc) is 2.33. The molecule has 0 atom stereocenters. The summed E-state index contributed by atoms with van der Waals surface area (Å²) in [5.74, 6) is 0.433. The fourth-order valence-electron chi connectivity index (χ4n) is 1.57. The lowest BCUT2D eigenvalue weighted by molar-refractivity contribution is 1.40. The first-order valence-corrected chi connectivity index (χ1v) is 6.58. The van der Waals surface area contributed by atoms with Gasteiger partial charge in [-0.3, -0.25) is 0 Å². The minimum Gasteiger partial charge on any atom is -0.122 e. The van der Waals surface area contributed by atoms with Gasteiger partial charge in [0.15, 0.2) is 0 Å². The van der Waals surface area contributed by atoms with Crippen LogP contribution < -0.4 is 0 Å². The number of alkyl halides is 1. The van der Waals surface area contributed by atoms with E-state index in [1.54, 1.807) is 18.2 Å². The summed E-state index contributed by atoms with van der Waals surface area (Å²) in [6, 6.07) is 10.9. The van der Waals surface area contributed by atoms with Gasteiger partial charge in [-0.15, -0.1) is 11.6 Å². The fraction of sp³-hybridized carbons (Fsp3) is 0.0769. The lowest BCUT2D eigenvalue weighted by Gasteiger charge is -2.09. The van der Waals surface area contributed by atoms with E-state index in [4.69, 9.17) is 46.4 Å². The number of halogens is 4. The Morgan fingerprint density at radius 3 is 2.00 bits per heavy atom. The summed E-state index contributed by atoms with van der Waals surface area (Å²) in [6.45, 7) is 0. The Kier molecular flexibility index (Phi) is 4.22. The van der Waals surface area contributed by atoms with Gasteiger partial charge in [-0.05, 0) is 35.9 Å². The van der Waals surface area contributed by atoms with Crippen LogP contribution in [0.2, 0.25) is 15.1 Å². The van der Waals surface area contributed by atoms with Crippen LogP contribution in [0.5, 0.6) is 0 Å². The van der Waals surface area contributed by atoms with Crippen molar-refractivity contribution in [2.24, 2.45) is 0 Å². The monoisotopic (exact) mass is 304 g/mol. The maximum Gasteiger partial charge on any atom is 0.0485 e. The molecule has 0 saturated heterocycles. The Morgan fingerprint density at radius 2 is 1.35 bits per heavy atom. The number of benzene rings is 2. The van der Waals surface area contributed by atoms with Crippen LogP contribution in [0.3, 0.4) is 0 Å². The van der Waals surface area contributed by atoms with Crippen molar-refractivity contribution in [1.82, 2.24) is 0 Å². The van der Waals surface area contributed by atoms with Gasteiger partial charge >= 0.3 is 0 Å². The predicted molar refractivity (Wildman–Crippen MR) is 76.5 cm³/mol. The highest BCUT2D eigenvalue weighted by atomic mass is 35.5. The Balaban J connectivity index is 2.62. The predicted octanol–water partition coefficient (Wildman–Crippen LogP) is 6.05. The van der Waals surface area contributed by atoms with E-state index in [1.165, 1.54) is 0 Å². The van der Waals surface area contributed by atoms with Gasteiger partial charge in [-0.25, -0.2) is 0 Å². The molecule has 2 aromatic rings. The molecule has 0 amide bonds. The maximum atomic E-state index is 6.17. The van der Waals surface area contributed by atoms with Crippen LogP contribution in [0.1, 0.15) is 5.56 Å². The van der Waals surface area contributed by atoms with Crippen molar-refractivity contribution in [2.45, 2.75) is 5.88 Å². The van der Waals surface area contributed by atoms with Crippen molar-refractivity contribution in [3.05, 3.63) is 57.0 Å². The molecule has 88 valence electrons. The van der Waals surface area contributed by atoms with E-state index >= 15 is 0 Å². The van der Waals surface area contributed by atoms with Crippen LogP contribution in [-0.4, -0.2) is 0 Å². The van der Waals surface area contributed by atoms with Gasteiger partial charge in [-0.2, -0.15) is 0 Å². The standard InChI is InChI=1S/C13H8Cl4/c14-7-8-1-3-12(16)10(5-8)11-6-9(15)2-4-13(11)17/h1-6H,7H2. The minimum atomic E-state index is 0.433. The summed E-state index contributed by atoms with van der Waals surface area (Å²) < 4.78 is 0. The summed E-state index contributed by atoms with van der Waals surface area (Å²) in [5, 5.41) is 1.86. The average molecular weight is 306 g/mol. The van der Waals surface area contributed by atoms with E-state index in [-0.39, 0.29) is 0 Å². The highest BCUT2D eigenvalue weighted by Crippen LogP contribution is 2.35. The molecular formula is C13H8Cl4. The molecule has 0 unspecified atom stereocenters. The number of hydrogen-bond acceptors (Lipinski definition) is 0. The summed E-state index contributed by atoms with van der Waals surface area (Å²) in [7, 11) is 0. The molecule has 0 aliphatic carbocycles. The van der Waals surface area contributed by atoms with Crippen LogP contribution in [0, 0.1) is 0 Å². The van der Waals surface area contributed by atoms with Crippen molar-refractivity contribution >= 4 is 46.4 Å². The van der Waals surface area contributed by atoms with Crippen LogP contribution in [0.4, 0.5) is 0 Å². The van der Waals surface area contributed by atoms with Gasteiger partial charge in [0.2, 0.25) is 0 Å². The zero-order valence-corrected chi connectivity index (χ0v) is 11.7. The zero-order valence-electron chi connectivity index (χ0n) is 8.68. The van der Waals surface area contributed by atoms with Crippen LogP contribution in [0.25, 0.3) is 11.1 Å². The second-order valence-electron chi connectivity index (χ2n) is 3.57. The molecule has 2 rings (SSSR count). The Bertz CT molecular complexity index is 549. The number of rotatable bonds is 2. The third-order valence-electron chi connectivity index (χ3n) is 2.40. The molecule has 17 heavy (non-hydrogen) atoms. The van der Waals surface area contributed by atoms with E-state index in [1.807, 2.05) is 18.2 Å². The third-order valence-corrected chi connectivity index (χ3v) is 3.61. The topological polar surface area (TPSA) is 0 Å². The second kappa shape index (κ2) is 5.49. The maximum absolute atomic E-state index is 6.17. The normalized spacial score (nSPS) is 10.6. The van der Waals surface area contributed by atoms with Crippen molar-refractivity contribution in [3.63, 3.8) is 0 Å². The Morgan fingerprint density at radius 1 is 0.765 bits per heavy atom. The first-order chi connectivity index (χ1) is 8.11. The number of hydrogen-bond donors (Lipinski definition) is 0. The summed E-state index contributed by atoms with van der Waals surface area (Å²) in [4.78, 5) is 0. The van der Waals surface area contributed by atoms with Gasteiger partial charge < -0.3 is 0 Å². The quantitative estimate of drug-likeness (QED) is 0.592. The van der Waals surface area contributed by atoms with Crippen molar-refractivity contribution < 1.29 is 0 Å².